The molecule has 2 fully saturated rings. The van der Waals surface area contributed by atoms with E-state index in [2.05, 4.69) is 0 Å². The lowest BCUT2D eigenvalue weighted by molar-refractivity contribution is -0.127. The number of rotatable bonds is 3. The van der Waals surface area contributed by atoms with Crippen molar-refractivity contribution in [3.63, 3.8) is 0 Å². The fraction of sp³-hybridized carbons (Fsp3) is 0.154. The number of hydrogen-bond donors (Lipinski definition) is 1. The minimum Gasteiger partial charge on any atom is -0.733 e. The molecule has 3 unspecified atom stereocenters. The van der Waals surface area contributed by atoms with Gasteiger partial charge in [-0.25, -0.2) is 4.90 Å². The third-order valence-corrected chi connectivity index (χ3v) is 6.96. The summed E-state index contributed by atoms with van der Waals surface area (Å²) in [7, 11) is 0. The van der Waals surface area contributed by atoms with Crippen LogP contribution in [-0.2, 0) is 14.3 Å². The Bertz CT molecular complexity index is 1380. The van der Waals surface area contributed by atoms with Crippen molar-refractivity contribution in [2.75, 3.05) is 10.1 Å². The van der Waals surface area contributed by atoms with E-state index in [1.165, 1.54) is 36.4 Å². The zero-order chi connectivity index (χ0) is 24.5. The van der Waals surface area contributed by atoms with Crippen molar-refractivity contribution in [3.8, 4) is 0 Å². The van der Waals surface area contributed by atoms with Gasteiger partial charge >= 0.3 is 0 Å². The standard InChI is InChI=1S/C26H17N2O7/c29-22-17-11-4-5-12-18(17)23(30)26(22)20-19(21(35-26)14-7-2-1-3-8-14)24(31)27(25(20)32)15-9-6-10-16(13-15)28(33)34/h1-13,19-21,33H/q-1. The van der Waals surface area contributed by atoms with Crippen LogP contribution in [0, 0.1) is 17.0 Å². The summed E-state index contributed by atoms with van der Waals surface area (Å²) in [5, 5.41) is 20.3. The van der Waals surface area contributed by atoms with Gasteiger partial charge in [0, 0.05) is 11.1 Å². The summed E-state index contributed by atoms with van der Waals surface area (Å²) in [6.07, 6.45) is -1.03. The van der Waals surface area contributed by atoms with E-state index in [9.17, 15) is 29.6 Å². The first-order chi connectivity index (χ1) is 16.9. The molecule has 0 saturated carbocycles. The van der Waals surface area contributed by atoms with Crippen molar-refractivity contribution in [2.45, 2.75) is 11.7 Å². The van der Waals surface area contributed by atoms with Gasteiger partial charge in [0.2, 0.25) is 29.0 Å². The maximum atomic E-state index is 13.8. The van der Waals surface area contributed by atoms with E-state index in [1.807, 2.05) is 0 Å². The predicted octanol–water partition coefficient (Wildman–Crippen LogP) is 3.08. The maximum Gasteiger partial charge on any atom is 0.241 e. The topological polar surface area (TPSA) is 127 Å². The fourth-order valence-corrected chi connectivity index (χ4v) is 5.47. The number of anilines is 2. The molecule has 0 aromatic heterocycles. The summed E-state index contributed by atoms with van der Waals surface area (Å²) in [5.41, 5.74) is -1.48. The smallest absolute Gasteiger partial charge is 0.241 e. The predicted molar refractivity (Wildman–Crippen MR) is 122 cm³/mol. The second-order valence-corrected chi connectivity index (χ2v) is 8.70. The van der Waals surface area contributed by atoms with Crippen LogP contribution in [0.1, 0.15) is 32.4 Å². The Morgan fingerprint density at radius 3 is 2.09 bits per heavy atom. The Balaban J connectivity index is 1.53. The number of carbonyl (C=O) groups excluding carboxylic acids is 4. The summed E-state index contributed by atoms with van der Waals surface area (Å²) in [5.74, 6) is -5.27. The highest BCUT2D eigenvalue weighted by atomic mass is 16.8. The third kappa shape index (κ3) is 2.74. The minimum absolute atomic E-state index is 0.0409. The number of hydrogen-bond acceptors (Lipinski definition) is 8. The molecule has 1 aliphatic carbocycles. The lowest BCUT2D eigenvalue weighted by Crippen LogP contribution is -2.51. The summed E-state index contributed by atoms with van der Waals surface area (Å²) >= 11 is 0. The molecule has 1 spiro atoms. The molecule has 174 valence electrons. The molecule has 9 nitrogen and oxygen atoms in total. The van der Waals surface area contributed by atoms with E-state index in [1.54, 1.807) is 42.5 Å². The van der Waals surface area contributed by atoms with Crippen LogP contribution in [0.5, 0.6) is 0 Å². The van der Waals surface area contributed by atoms with Gasteiger partial charge in [-0.15, -0.1) is 0 Å². The van der Waals surface area contributed by atoms with Crippen molar-refractivity contribution < 1.29 is 29.1 Å². The molecular formula is C26H17N2O7-. The molecule has 2 heterocycles. The maximum absolute atomic E-state index is 13.8. The van der Waals surface area contributed by atoms with Crippen molar-refractivity contribution in [2.24, 2.45) is 11.8 Å². The molecule has 35 heavy (non-hydrogen) atoms. The largest absolute Gasteiger partial charge is 0.733 e. The number of ether oxygens (including phenoxy) is 1. The van der Waals surface area contributed by atoms with Crippen molar-refractivity contribution in [1.29, 1.82) is 0 Å². The van der Waals surface area contributed by atoms with Crippen molar-refractivity contribution >= 4 is 34.8 Å². The Labute approximate surface area is 198 Å². The van der Waals surface area contributed by atoms with Crippen LogP contribution >= 0.6 is 0 Å². The Hall–Kier alpha value is -4.18. The number of fused-ring (bicyclic) bond motifs is 3. The third-order valence-electron chi connectivity index (χ3n) is 6.96. The molecule has 0 radical (unpaired) electrons. The molecule has 3 atom stereocenters. The molecular weight excluding hydrogens is 452 g/mol. The highest BCUT2D eigenvalue weighted by Gasteiger charge is 2.74. The summed E-state index contributed by atoms with van der Waals surface area (Å²) in [4.78, 5) is 55.8. The van der Waals surface area contributed by atoms with Crippen molar-refractivity contribution in [1.82, 2.24) is 0 Å². The molecule has 1 N–H and O–H groups in total. The normalized spacial score (nSPS) is 24.3. The molecule has 2 amide bonds. The van der Waals surface area contributed by atoms with E-state index in [4.69, 9.17) is 4.74 Å². The minimum atomic E-state index is -2.17. The fourth-order valence-electron chi connectivity index (χ4n) is 5.47. The van der Waals surface area contributed by atoms with Gasteiger partial charge in [0.25, 0.3) is 0 Å². The van der Waals surface area contributed by atoms with Crippen LogP contribution in [0.25, 0.3) is 0 Å². The molecule has 3 aliphatic rings. The summed E-state index contributed by atoms with van der Waals surface area (Å²) in [6.45, 7) is 0. The molecule has 6 rings (SSSR count). The van der Waals surface area contributed by atoms with Gasteiger partial charge in [0.1, 0.15) is 0 Å². The monoisotopic (exact) mass is 469 g/mol. The first-order valence-electron chi connectivity index (χ1n) is 10.9. The SMILES string of the molecule is O=C1C2C(c3ccccc3)OC3(C(=O)c4ccccc4C3=O)C2C(=O)N1c1cccc(N([O-])O)c1. The van der Waals surface area contributed by atoms with E-state index >= 15 is 0 Å². The van der Waals surface area contributed by atoms with Gasteiger partial charge in [-0.2, -0.15) is 0 Å². The number of imide groups is 1. The number of ketones is 2. The first-order valence-corrected chi connectivity index (χ1v) is 10.9. The second-order valence-electron chi connectivity index (χ2n) is 8.70. The van der Waals surface area contributed by atoms with Gasteiger partial charge in [-0.1, -0.05) is 60.7 Å². The number of benzene rings is 3. The lowest BCUT2D eigenvalue weighted by atomic mass is 9.77. The van der Waals surface area contributed by atoms with Gasteiger partial charge < -0.3 is 15.2 Å². The molecule has 2 aliphatic heterocycles. The Morgan fingerprint density at radius 2 is 1.46 bits per heavy atom. The average Bonchev–Trinajstić information content (AvgIpc) is 3.44. The molecule has 3 aromatic carbocycles. The van der Waals surface area contributed by atoms with Crippen LogP contribution in [0.2, 0.25) is 0 Å². The van der Waals surface area contributed by atoms with Gasteiger partial charge in [0.15, 0.2) is 0 Å². The molecule has 3 aromatic rings. The first kappa shape index (κ1) is 21.4. The van der Waals surface area contributed by atoms with E-state index in [0.29, 0.717) is 5.56 Å². The van der Waals surface area contributed by atoms with Crippen LogP contribution in [-0.4, -0.2) is 34.2 Å². The number of Topliss-reactive ketones (excluding diaryl/α,β-unsaturated/α-hetero) is 2. The van der Waals surface area contributed by atoms with Crippen LogP contribution in [0.4, 0.5) is 11.4 Å². The number of nitrogens with zero attached hydrogens (tertiary/aromatic N) is 2. The van der Waals surface area contributed by atoms with Gasteiger partial charge in [0.05, 0.1) is 29.3 Å². The lowest BCUT2D eigenvalue weighted by Gasteiger charge is -2.28. The molecule has 2 saturated heterocycles. The van der Waals surface area contributed by atoms with Gasteiger partial charge in [-0.3, -0.25) is 24.4 Å². The van der Waals surface area contributed by atoms with Crippen LogP contribution in [0.3, 0.4) is 0 Å². The zero-order valence-corrected chi connectivity index (χ0v) is 18.0. The Morgan fingerprint density at radius 1 is 0.829 bits per heavy atom. The molecule has 0 bridgehead atoms. The zero-order valence-electron chi connectivity index (χ0n) is 18.0. The average molecular weight is 469 g/mol. The quantitative estimate of drug-likeness (QED) is 0.352. The van der Waals surface area contributed by atoms with E-state index in [0.717, 1.165) is 4.90 Å². The number of amides is 2. The second kappa shape index (κ2) is 7.41. The molecule has 9 heteroatoms. The summed E-state index contributed by atoms with van der Waals surface area (Å²) in [6, 6.07) is 20.2. The highest BCUT2D eigenvalue weighted by Crippen LogP contribution is 2.57. The van der Waals surface area contributed by atoms with Crippen LogP contribution in [0.15, 0.2) is 78.9 Å². The van der Waals surface area contributed by atoms with Crippen LogP contribution < -0.4 is 10.1 Å². The summed E-state index contributed by atoms with van der Waals surface area (Å²) < 4.78 is 6.19. The Kier molecular flexibility index (Phi) is 4.52. The highest BCUT2D eigenvalue weighted by molar-refractivity contribution is 6.37. The van der Waals surface area contributed by atoms with Gasteiger partial charge in [-0.05, 0) is 23.8 Å². The number of carbonyl (C=O) groups is 4. The van der Waals surface area contributed by atoms with E-state index in [-0.39, 0.29) is 27.7 Å². The van der Waals surface area contributed by atoms with Crippen molar-refractivity contribution in [3.05, 3.63) is 101 Å². The van der Waals surface area contributed by atoms with E-state index < -0.39 is 46.9 Å².